The van der Waals surface area contributed by atoms with Crippen LogP contribution in [0.15, 0.2) is 47.4 Å². The number of hydrogen-bond donors (Lipinski definition) is 1. The molecule has 0 amide bonds. The molecule has 0 unspecified atom stereocenters. The lowest BCUT2D eigenvalue weighted by Gasteiger charge is -2.15. The van der Waals surface area contributed by atoms with E-state index in [4.69, 9.17) is 14.2 Å². The van der Waals surface area contributed by atoms with Gasteiger partial charge in [0.25, 0.3) is 0 Å². The monoisotopic (exact) mass is 373 g/mol. The molecule has 136 valence electrons. The Hall–Kier alpha value is -2.56. The van der Waals surface area contributed by atoms with Crippen molar-refractivity contribution in [2.45, 2.75) is 24.7 Å². The van der Waals surface area contributed by atoms with E-state index >= 15 is 0 Å². The van der Waals surface area contributed by atoms with Crippen molar-refractivity contribution in [2.24, 2.45) is 5.41 Å². The van der Waals surface area contributed by atoms with Gasteiger partial charge >= 0.3 is 10.1 Å². The van der Waals surface area contributed by atoms with Crippen molar-refractivity contribution in [1.29, 1.82) is 5.26 Å². The van der Waals surface area contributed by atoms with Crippen molar-refractivity contribution in [2.75, 3.05) is 13.2 Å². The number of hydrogen-bond acceptors (Lipinski definition) is 6. The molecule has 0 bridgehead atoms. The normalized spacial score (nSPS) is 15.1. The lowest BCUT2D eigenvalue weighted by molar-refractivity contribution is 0.146. The van der Waals surface area contributed by atoms with E-state index < -0.39 is 10.1 Å². The first-order chi connectivity index (χ1) is 12.4. The molecule has 1 fully saturated rings. The highest BCUT2D eigenvalue weighted by molar-refractivity contribution is 7.87. The summed E-state index contributed by atoms with van der Waals surface area (Å²) in [5.41, 5.74) is 0.619. The first-order valence-corrected chi connectivity index (χ1v) is 9.57. The van der Waals surface area contributed by atoms with Crippen LogP contribution >= 0.6 is 0 Å². The van der Waals surface area contributed by atoms with Crippen LogP contribution in [0.2, 0.25) is 0 Å². The molecule has 0 aromatic heterocycles. The molecule has 1 aliphatic rings. The van der Waals surface area contributed by atoms with Crippen molar-refractivity contribution in [3.05, 3.63) is 53.6 Å². The third-order valence-electron chi connectivity index (χ3n) is 4.34. The zero-order chi connectivity index (χ0) is 18.8. The molecule has 1 saturated carbocycles. The highest BCUT2D eigenvalue weighted by atomic mass is 32.2. The Labute approximate surface area is 152 Å². The van der Waals surface area contributed by atoms with Crippen LogP contribution in [0.5, 0.6) is 11.5 Å². The zero-order valence-electron chi connectivity index (χ0n) is 14.3. The second kappa shape index (κ2) is 6.98. The van der Waals surface area contributed by atoms with E-state index in [1.54, 1.807) is 25.1 Å². The molecule has 1 N–H and O–H groups in total. The van der Waals surface area contributed by atoms with Crippen molar-refractivity contribution in [1.82, 2.24) is 0 Å². The van der Waals surface area contributed by atoms with E-state index in [1.165, 1.54) is 24.3 Å². The minimum Gasteiger partial charge on any atom is -0.493 e. The Morgan fingerprint density at radius 3 is 2.54 bits per heavy atom. The number of aryl methyl sites for hydroxylation is 1. The minimum atomic E-state index is -4.14. The summed E-state index contributed by atoms with van der Waals surface area (Å²) >= 11 is 0. The first kappa shape index (κ1) is 18.2. The summed E-state index contributed by atoms with van der Waals surface area (Å²) < 4.78 is 36.0. The molecule has 0 atom stereocenters. The predicted molar refractivity (Wildman–Crippen MR) is 94.4 cm³/mol. The summed E-state index contributed by atoms with van der Waals surface area (Å²) in [4.78, 5) is -0.177. The smallest absolute Gasteiger partial charge is 0.340 e. The molecule has 2 aromatic rings. The highest BCUT2D eigenvalue weighted by Crippen LogP contribution is 2.45. The average molecular weight is 373 g/mol. The summed E-state index contributed by atoms with van der Waals surface area (Å²) in [7, 11) is -4.14. The fourth-order valence-corrected chi connectivity index (χ4v) is 3.62. The van der Waals surface area contributed by atoms with Crippen LogP contribution in [0, 0.1) is 23.7 Å². The van der Waals surface area contributed by atoms with Gasteiger partial charge in [0, 0.05) is 11.5 Å². The quantitative estimate of drug-likeness (QED) is 0.750. The number of nitrogens with zero attached hydrogens (tertiary/aromatic N) is 1. The third kappa shape index (κ3) is 3.98. The van der Waals surface area contributed by atoms with E-state index in [1.807, 2.05) is 6.07 Å². The van der Waals surface area contributed by atoms with Gasteiger partial charge in [-0.15, -0.1) is 0 Å². The number of aliphatic hydroxyl groups is 1. The molecule has 26 heavy (non-hydrogen) atoms. The molecule has 0 heterocycles. The largest absolute Gasteiger partial charge is 0.493 e. The Morgan fingerprint density at radius 1 is 1.19 bits per heavy atom. The van der Waals surface area contributed by atoms with E-state index in [2.05, 4.69) is 0 Å². The van der Waals surface area contributed by atoms with Crippen molar-refractivity contribution in [3.8, 4) is 17.6 Å². The summed E-state index contributed by atoms with van der Waals surface area (Å²) in [5.74, 6) is 0.588. The van der Waals surface area contributed by atoms with Gasteiger partial charge in [-0.05, 0) is 49.6 Å². The van der Waals surface area contributed by atoms with Gasteiger partial charge in [0.05, 0.1) is 18.8 Å². The van der Waals surface area contributed by atoms with Crippen LogP contribution in [0.1, 0.15) is 24.0 Å². The second-order valence-corrected chi connectivity index (χ2v) is 8.09. The number of rotatable bonds is 7. The Bertz CT molecular complexity index is 958. The molecule has 0 radical (unpaired) electrons. The molecule has 6 nitrogen and oxygen atoms in total. The van der Waals surface area contributed by atoms with Crippen LogP contribution in [0.25, 0.3) is 0 Å². The Kier molecular flexibility index (Phi) is 4.90. The topological polar surface area (TPSA) is 96.6 Å². The summed E-state index contributed by atoms with van der Waals surface area (Å²) in [5, 5.41) is 18.5. The van der Waals surface area contributed by atoms with E-state index in [0.29, 0.717) is 12.4 Å². The standard InChI is InChI=1S/C19H19NO5S/c1-14-8-16(24-13-19(12-21)6-7-19)10-17(9-14)25-26(22,23)18-5-3-2-4-15(18)11-20/h2-5,8-10,21H,6-7,12-13H2,1H3. The third-order valence-corrected chi connectivity index (χ3v) is 5.65. The Balaban J connectivity index is 1.82. The lowest BCUT2D eigenvalue weighted by atomic mass is 10.1. The summed E-state index contributed by atoms with van der Waals surface area (Å²) in [6, 6.07) is 12.6. The molecule has 3 rings (SSSR count). The number of aliphatic hydroxyl groups excluding tert-OH is 1. The van der Waals surface area contributed by atoms with Gasteiger partial charge in [0.15, 0.2) is 0 Å². The highest BCUT2D eigenvalue weighted by Gasteiger charge is 2.43. The van der Waals surface area contributed by atoms with Crippen LogP contribution in [0.3, 0.4) is 0 Å². The van der Waals surface area contributed by atoms with Crippen molar-refractivity contribution in [3.63, 3.8) is 0 Å². The van der Waals surface area contributed by atoms with Gasteiger partial charge in [-0.25, -0.2) is 0 Å². The van der Waals surface area contributed by atoms with Crippen LogP contribution in [0.4, 0.5) is 0 Å². The number of benzene rings is 2. The SMILES string of the molecule is Cc1cc(OCC2(CO)CC2)cc(OS(=O)(=O)c2ccccc2C#N)c1. The molecule has 2 aromatic carbocycles. The fraction of sp³-hybridized carbons (Fsp3) is 0.316. The molecule has 0 spiro atoms. The molecule has 0 aliphatic heterocycles. The summed E-state index contributed by atoms with van der Waals surface area (Å²) in [6.07, 6.45) is 1.83. The molecule has 1 aliphatic carbocycles. The second-order valence-electron chi connectivity index (χ2n) is 6.57. The first-order valence-electron chi connectivity index (χ1n) is 8.16. The van der Waals surface area contributed by atoms with E-state index in [0.717, 1.165) is 18.4 Å². The number of ether oxygens (including phenoxy) is 1. The maximum atomic E-state index is 12.5. The molecule has 0 saturated heterocycles. The van der Waals surface area contributed by atoms with Crippen LogP contribution in [-0.4, -0.2) is 26.7 Å². The number of nitriles is 1. The molecular weight excluding hydrogens is 354 g/mol. The van der Waals surface area contributed by atoms with Gasteiger partial charge in [-0.1, -0.05) is 12.1 Å². The van der Waals surface area contributed by atoms with Crippen LogP contribution < -0.4 is 8.92 Å². The van der Waals surface area contributed by atoms with Gasteiger partial charge in [-0.2, -0.15) is 13.7 Å². The summed E-state index contributed by atoms with van der Waals surface area (Å²) in [6.45, 7) is 2.24. The average Bonchev–Trinajstić information content (AvgIpc) is 3.40. The lowest BCUT2D eigenvalue weighted by Crippen LogP contribution is -2.17. The van der Waals surface area contributed by atoms with Gasteiger partial charge in [0.2, 0.25) is 0 Å². The fourth-order valence-electron chi connectivity index (χ4n) is 2.56. The Morgan fingerprint density at radius 2 is 1.88 bits per heavy atom. The van der Waals surface area contributed by atoms with Gasteiger partial charge in [-0.3, -0.25) is 0 Å². The minimum absolute atomic E-state index is 0.0234. The van der Waals surface area contributed by atoms with Crippen molar-refractivity contribution < 1.29 is 22.4 Å². The van der Waals surface area contributed by atoms with Gasteiger partial charge in [0.1, 0.15) is 22.5 Å². The van der Waals surface area contributed by atoms with Crippen LogP contribution in [-0.2, 0) is 10.1 Å². The predicted octanol–water partition coefficient (Wildman–Crippen LogP) is 2.79. The van der Waals surface area contributed by atoms with E-state index in [9.17, 15) is 13.5 Å². The maximum absolute atomic E-state index is 12.5. The van der Waals surface area contributed by atoms with Crippen molar-refractivity contribution >= 4 is 10.1 Å². The van der Waals surface area contributed by atoms with Gasteiger partial charge < -0.3 is 14.0 Å². The zero-order valence-corrected chi connectivity index (χ0v) is 15.1. The molecular formula is C19H19NO5S. The maximum Gasteiger partial charge on any atom is 0.340 e. The van der Waals surface area contributed by atoms with E-state index in [-0.39, 0.29) is 28.2 Å². The molecule has 7 heteroatoms.